The molecule has 2 aliphatic carbocycles. The van der Waals surface area contributed by atoms with Gasteiger partial charge in [0.1, 0.15) is 17.0 Å². The Balaban J connectivity index is 1.12. The lowest BCUT2D eigenvalue weighted by molar-refractivity contribution is -0.166. The van der Waals surface area contributed by atoms with E-state index in [0.717, 1.165) is 115 Å². The van der Waals surface area contributed by atoms with Crippen LogP contribution in [0.25, 0.3) is 44.6 Å². The number of hydrogen-bond donors (Lipinski definition) is 0. The third-order valence-corrected chi connectivity index (χ3v) is 15.4. The van der Waals surface area contributed by atoms with Gasteiger partial charge < -0.3 is 0 Å². The minimum absolute atomic E-state index is 0.0154. The highest BCUT2D eigenvalue weighted by atomic mass is 19.4. The van der Waals surface area contributed by atoms with Crippen molar-refractivity contribution in [3.63, 3.8) is 0 Å². The van der Waals surface area contributed by atoms with Gasteiger partial charge in [-0.1, -0.05) is 169 Å². The molecule has 0 saturated carbocycles. The Kier molecular flexibility index (Phi) is 14.7. The number of hydrogen-bond acceptors (Lipinski definition) is 2. The summed E-state index contributed by atoms with van der Waals surface area (Å²) in [6.45, 7) is 1.80. The van der Waals surface area contributed by atoms with Gasteiger partial charge in [-0.2, -0.15) is 52.7 Å². The second-order valence-corrected chi connectivity index (χ2v) is 20.5. The van der Waals surface area contributed by atoms with E-state index >= 15 is 22.8 Å². The molecule has 0 fully saturated rings. The van der Waals surface area contributed by atoms with Crippen molar-refractivity contribution in [2.75, 3.05) is 0 Å². The van der Waals surface area contributed by atoms with Crippen LogP contribution in [0.1, 0.15) is 83.5 Å². The molecular weight excluding hydrogens is 1140 g/mol. The minimum atomic E-state index is -5.20. The molecule has 86 heavy (non-hydrogen) atoms. The zero-order chi connectivity index (χ0) is 61.3. The van der Waals surface area contributed by atoms with Gasteiger partial charge in [-0.05, 0) is 129 Å². The molecule has 0 aromatic heterocycles. The first kappa shape index (κ1) is 58.1. The first-order chi connectivity index (χ1) is 40.7. The van der Waals surface area contributed by atoms with Crippen molar-refractivity contribution < 1.29 is 71.1 Å². The summed E-state index contributed by atoms with van der Waals surface area (Å²) in [6.07, 6.45) is -19.6. The molecule has 0 aliphatic heterocycles. The van der Waals surface area contributed by atoms with Gasteiger partial charge >= 0.3 is 24.7 Å². The fourth-order valence-corrected chi connectivity index (χ4v) is 11.3. The van der Waals surface area contributed by atoms with Crippen LogP contribution >= 0.6 is 0 Å². The van der Waals surface area contributed by atoms with Gasteiger partial charge in [0, 0.05) is 44.6 Å². The van der Waals surface area contributed by atoms with Crippen LogP contribution in [0.15, 0.2) is 224 Å². The zero-order valence-corrected chi connectivity index (χ0v) is 44.5. The molecule has 0 N–H and O–H groups in total. The predicted molar refractivity (Wildman–Crippen MR) is 301 cm³/mol. The van der Waals surface area contributed by atoms with Crippen molar-refractivity contribution >= 4 is 56.2 Å². The van der Waals surface area contributed by atoms with Gasteiger partial charge in [0.15, 0.2) is 11.6 Å². The lowest BCUT2D eigenvalue weighted by atomic mass is 9.68. The lowest BCUT2D eigenvalue weighted by Crippen LogP contribution is -2.44. The summed E-state index contributed by atoms with van der Waals surface area (Å²) < 4.78 is 205. The van der Waals surface area contributed by atoms with E-state index in [1.807, 2.05) is 0 Å². The van der Waals surface area contributed by atoms with Crippen molar-refractivity contribution in [2.45, 2.75) is 37.0 Å². The Labute approximate surface area is 482 Å². The van der Waals surface area contributed by atoms with Crippen LogP contribution in [-0.4, -0.2) is 17.7 Å². The van der Waals surface area contributed by atoms with Crippen LogP contribution in [0.4, 0.5) is 61.5 Å². The number of rotatable bonds is 11. The van der Waals surface area contributed by atoms with Crippen LogP contribution in [0.2, 0.25) is 0 Å². The fraction of sp³-hybridized carbons (Fsp3) is 0.0857. The Morgan fingerprint density at radius 3 is 0.698 bits per heavy atom. The molecule has 1 atom stereocenters. The minimum Gasteiger partial charge on any atom is -0.289 e. The highest BCUT2D eigenvalue weighted by Gasteiger charge is 2.58. The average molecular weight is 1180 g/mol. The number of carbonyl (C=O) groups is 2. The third kappa shape index (κ3) is 10.5. The van der Waals surface area contributed by atoms with Gasteiger partial charge in [0.25, 0.3) is 0 Å². The number of alkyl halides is 12. The number of halogens is 14. The molecule has 9 aromatic carbocycles. The van der Waals surface area contributed by atoms with Crippen LogP contribution in [-0.2, 0) is 33.5 Å². The molecule has 16 heteroatoms. The first-order valence-corrected chi connectivity index (χ1v) is 26.3. The Morgan fingerprint density at radius 2 is 0.453 bits per heavy atom. The number of benzene rings is 9. The second kappa shape index (κ2) is 21.7. The van der Waals surface area contributed by atoms with E-state index < -0.39 is 75.6 Å². The van der Waals surface area contributed by atoms with E-state index in [9.17, 15) is 48.3 Å². The number of aryl methyl sites for hydroxylation is 1. The molecule has 0 saturated heterocycles. The molecule has 0 amide bonds. The van der Waals surface area contributed by atoms with Crippen molar-refractivity contribution in [3.05, 3.63) is 320 Å². The molecule has 1 unspecified atom stereocenters. The summed E-state index contributed by atoms with van der Waals surface area (Å²) in [4.78, 5) is 30.2. The summed E-state index contributed by atoms with van der Waals surface area (Å²) in [5.74, 6) is -2.88. The van der Waals surface area contributed by atoms with Crippen molar-refractivity contribution in [3.8, 4) is 0 Å². The van der Waals surface area contributed by atoms with Crippen LogP contribution in [0.3, 0.4) is 0 Å². The van der Waals surface area contributed by atoms with Crippen LogP contribution in [0.5, 0.6) is 0 Å². The highest BCUT2D eigenvalue weighted by molar-refractivity contribution is 6.60. The second-order valence-electron chi connectivity index (χ2n) is 20.5. The SMILES string of the molecule is Cc1ccc(C2=C(c3ccc(C(c4ccccc4)(c4ccc(C5=C(c6ccc(C(F)(F)F)cc6)C(=O)C(c6ccc(C(F)(F)F)cc6)=C5c5ccc(F)cc5)cc4)C(F)(F)F)cc3)C(c3ccc(F)cc3)=C(c3ccc(C(F)(F)F)cc3)C2=O)cc1. The first-order valence-electron chi connectivity index (χ1n) is 26.3. The number of ketones is 2. The summed E-state index contributed by atoms with van der Waals surface area (Å²) in [5.41, 5.74) is -5.78. The maximum absolute atomic E-state index is 17.0. The van der Waals surface area contributed by atoms with Gasteiger partial charge in [0.2, 0.25) is 0 Å². The number of Topliss-reactive ketones (excluding diaryl/α,β-unsaturated/α-hetero) is 2. The smallest absolute Gasteiger partial charge is 0.289 e. The van der Waals surface area contributed by atoms with E-state index in [4.69, 9.17) is 0 Å². The molecule has 9 aromatic rings. The molecule has 0 heterocycles. The van der Waals surface area contributed by atoms with Crippen molar-refractivity contribution in [1.82, 2.24) is 0 Å². The summed E-state index contributed by atoms with van der Waals surface area (Å²) in [5, 5.41) is 0. The molecule has 0 spiro atoms. The van der Waals surface area contributed by atoms with Gasteiger partial charge in [-0.15, -0.1) is 0 Å². The van der Waals surface area contributed by atoms with Crippen LogP contribution in [0, 0.1) is 18.6 Å². The number of allylic oxidation sites excluding steroid dienone is 8. The van der Waals surface area contributed by atoms with Crippen LogP contribution < -0.4 is 0 Å². The maximum atomic E-state index is 17.0. The standard InChI is InChI=1S/C70H40F14O2/c1-39-7-9-44(10-8-39)60-56(58(42-21-35-54(71)36-22-42)62(64(60)85)46-17-31-52(32-18-46)68(76,77)78)40-11-25-49(26-12-40)66(70(82,83)84,48-5-3-2-4-6-48)50-27-13-41(14-28-50)57-59(43-23-37-55(72)38-24-43)63(47-19-33-53(34-20-47)69(79,80)81)65(86)61(57)45-15-29-51(30-16-45)67(73,74)75/h2-38H,1H3. The zero-order valence-electron chi connectivity index (χ0n) is 44.5. The Bertz CT molecular complexity index is 4220. The van der Waals surface area contributed by atoms with Gasteiger partial charge in [0.05, 0.1) is 16.7 Å². The van der Waals surface area contributed by atoms with Crippen molar-refractivity contribution in [2.24, 2.45) is 0 Å². The monoisotopic (exact) mass is 1180 g/mol. The third-order valence-electron chi connectivity index (χ3n) is 15.4. The van der Waals surface area contributed by atoms with E-state index in [1.54, 1.807) is 31.2 Å². The molecule has 430 valence electrons. The molecule has 2 nitrogen and oxygen atoms in total. The van der Waals surface area contributed by atoms with Gasteiger partial charge in [-0.25, -0.2) is 8.78 Å². The summed E-state index contributed by atoms with van der Waals surface area (Å²) in [7, 11) is 0. The predicted octanol–water partition coefficient (Wildman–Crippen LogP) is 19.4. The van der Waals surface area contributed by atoms with E-state index in [1.165, 1.54) is 91.0 Å². The van der Waals surface area contributed by atoms with E-state index in [2.05, 4.69) is 0 Å². The van der Waals surface area contributed by atoms with Gasteiger partial charge in [-0.3, -0.25) is 9.59 Å². The molecular formula is C70H40F14O2. The van der Waals surface area contributed by atoms with Crippen molar-refractivity contribution in [1.29, 1.82) is 0 Å². The topological polar surface area (TPSA) is 34.1 Å². The quantitative estimate of drug-likeness (QED) is 0.0955. The molecule has 0 bridgehead atoms. The Hall–Kier alpha value is -9.70. The summed E-state index contributed by atoms with van der Waals surface area (Å²) >= 11 is 0. The molecule has 11 rings (SSSR count). The van der Waals surface area contributed by atoms with E-state index in [0.29, 0.717) is 5.56 Å². The normalized spacial score (nSPS) is 15.1. The number of carbonyl (C=O) groups excluding carboxylic acids is 2. The van der Waals surface area contributed by atoms with E-state index in [-0.39, 0.29) is 94.7 Å². The molecule has 0 radical (unpaired) electrons. The maximum Gasteiger partial charge on any atom is 0.416 e. The average Bonchev–Trinajstić information content (AvgIpc) is 1.28. The lowest BCUT2D eigenvalue weighted by Gasteiger charge is -2.38. The highest BCUT2D eigenvalue weighted by Crippen LogP contribution is 2.56. The largest absolute Gasteiger partial charge is 0.416 e. The fourth-order valence-electron chi connectivity index (χ4n) is 11.3. The Morgan fingerprint density at radius 1 is 0.244 bits per heavy atom. The molecule has 2 aliphatic rings. The summed E-state index contributed by atoms with van der Waals surface area (Å²) in [6, 6.07) is 44.1.